The lowest BCUT2D eigenvalue weighted by molar-refractivity contribution is 0.226. The summed E-state index contributed by atoms with van der Waals surface area (Å²) in [6, 6.07) is 0.383. The molecule has 2 unspecified atom stereocenters. The number of nitrogens with zero attached hydrogens (tertiary/aromatic N) is 1. The van der Waals surface area contributed by atoms with Crippen LogP contribution in [-0.2, 0) is 0 Å². The maximum absolute atomic E-state index is 6.33. The Balaban J connectivity index is 2.32. The second-order valence-corrected chi connectivity index (χ2v) is 6.76. The molecule has 2 heteroatoms. The molecule has 0 amide bonds. The summed E-state index contributed by atoms with van der Waals surface area (Å²) < 4.78 is 0. The summed E-state index contributed by atoms with van der Waals surface area (Å²) in [5, 5.41) is 0. The molecule has 1 rings (SSSR count). The Morgan fingerprint density at radius 1 is 1.38 bits per heavy atom. The van der Waals surface area contributed by atoms with E-state index in [1.807, 2.05) is 0 Å². The molecule has 1 aliphatic rings. The Hall–Kier alpha value is -0.0800. The number of hydrogen-bond donors (Lipinski definition) is 1. The van der Waals surface area contributed by atoms with Gasteiger partial charge in [0.25, 0.3) is 0 Å². The van der Waals surface area contributed by atoms with Crippen molar-refractivity contribution in [3.05, 3.63) is 0 Å². The lowest BCUT2D eigenvalue weighted by Gasteiger charge is -2.29. The molecule has 0 radical (unpaired) electrons. The highest BCUT2D eigenvalue weighted by molar-refractivity contribution is 4.94. The van der Waals surface area contributed by atoms with Crippen LogP contribution >= 0.6 is 0 Å². The summed E-state index contributed by atoms with van der Waals surface area (Å²) in [5.74, 6) is 1.50. The van der Waals surface area contributed by atoms with Crippen molar-refractivity contribution in [2.24, 2.45) is 23.0 Å². The monoisotopic (exact) mass is 226 g/mol. The first-order chi connectivity index (χ1) is 7.33. The first-order valence-electron chi connectivity index (χ1n) is 6.77. The lowest BCUT2D eigenvalue weighted by atomic mass is 9.85. The lowest BCUT2D eigenvalue weighted by Crippen LogP contribution is -2.41. The van der Waals surface area contributed by atoms with E-state index in [-0.39, 0.29) is 0 Å². The molecular formula is C14H30N2. The average molecular weight is 226 g/mol. The van der Waals surface area contributed by atoms with Crippen LogP contribution in [0.1, 0.15) is 47.0 Å². The largest absolute Gasteiger partial charge is 0.327 e. The zero-order valence-corrected chi connectivity index (χ0v) is 11.8. The Bertz CT molecular complexity index is 211. The van der Waals surface area contributed by atoms with Crippen LogP contribution in [0.25, 0.3) is 0 Å². The van der Waals surface area contributed by atoms with Crippen LogP contribution in [0.15, 0.2) is 0 Å². The van der Waals surface area contributed by atoms with Gasteiger partial charge in [-0.15, -0.1) is 0 Å². The fourth-order valence-electron chi connectivity index (χ4n) is 2.72. The highest BCUT2D eigenvalue weighted by atomic mass is 15.1. The zero-order valence-electron chi connectivity index (χ0n) is 11.8. The van der Waals surface area contributed by atoms with Crippen LogP contribution in [0.2, 0.25) is 0 Å². The van der Waals surface area contributed by atoms with Crippen molar-refractivity contribution in [3.8, 4) is 0 Å². The molecule has 2 N–H and O–H groups in total. The van der Waals surface area contributed by atoms with Crippen LogP contribution in [0.5, 0.6) is 0 Å². The molecule has 0 aliphatic heterocycles. The van der Waals surface area contributed by atoms with E-state index in [1.165, 1.54) is 32.4 Å². The van der Waals surface area contributed by atoms with Crippen LogP contribution < -0.4 is 5.73 Å². The molecule has 0 spiro atoms. The van der Waals surface area contributed by atoms with Gasteiger partial charge in [-0.1, -0.05) is 27.7 Å². The summed E-state index contributed by atoms with van der Waals surface area (Å²) in [6.45, 7) is 11.6. The molecular weight excluding hydrogens is 196 g/mol. The summed E-state index contributed by atoms with van der Waals surface area (Å²) in [5.41, 5.74) is 6.69. The van der Waals surface area contributed by atoms with E-state index in [0.29, 0.717) is 17.4 Å². The van der Waals surface area contributed by atoms with E-state index < -0.39 is 0 Å². The van der Waals surface area contributed by atoms with Crippen molar-refractivity contribution >= 4 is 0 Å². The van der Waals surface area contributed by atoms with Gasteiger partial charge in [-0.2, -0.15) is 0 Å². The second kappa shape index (κ2) is 5.50. The fourth-order valence-corrected chi connectivity index (χ4v) is 2.72. The summed E-state index contributed by atoms with van der Waals surface area (Å²) in [4.78, 5) is 2.46. The Morgan fingerprint density at radius 2 is 2.00 bits per heavy atom. The highest BCUT2D eigenvalue weighted by Gasteiger charge is 2.39. The highest BCUT2D eigenvalue weighted by Crippen LogP contribution is 2.40. The van der Waals surface area contributed by atoms with Crippen molar-refractivity contribution in [1.82, 2.24) is 4.90 Å². The normalized spacial score (nSPS) is 29.2. The number of rotatable bonds is 5. The van der Waals surface area contributed by atoms with Gasteiger partial charge < -0.3 is 10.6 Å². The average Bonchev–Trinajstić information content (AvgIpc) is 2.42. The van der Waals surface area contributed by atoms with Gasteiger partial charge in [0.15, 0.2) is 0 Å². The van der Waals surface area contributed by atoms with E-state index in [1.54, 1.807) is 0 Å². The molecule has 0 heterocycles. The molecule has 0 aromatic rings. The standard InChI is InChI=1S/C14H30N2/c1-11(2)7-9-16(5)10-12-6-8-14(3,4)13(12)15/h11-13H,6-10,15H2,1-5H3. The first kappa shape index (κ1) is 14.0. The van der Waals surface area contributed by atoms with Gasteiger partial charge in [-0.3, -0.25) is 0 Å². The van der Waals surface area contributed by atoms with Crippen LogP contribution in [0.4, 0.5) is 0 Å². The molecule has 0 saturated heterocycles. The smallest absolute Gasteiger partial charge is 0.0131 e. The van der Waals surface area contributed by atoms with Crippen LogP contribution in [0.3, 0.4) is 0 Å². The molecule has 2 atom stereocenters. The van der Waals surface area contributed by atoms with Crippen LogP contribution in [-0.4, -0.2) is 31.1 Å². The van der Waals surface area contributed by atoms with Crippen molar-refractivity contribution in [2.45, 2.75) is 53.0 Å². The molecule has 16 heavy (non-hydrogen) atoms. The first-order valence-corrected chi connectivity index (χ1v) is 6.77. The van der Waals surface area contributed by atoms with Gasteiger partial charge in [0, 0.05) is 12.6 Å². The predicted molar refractivity (Wildman–Crippen MR) is 71.4 cm³/mol. The van der Waals surface area contributed by atoms with Crippen molar-refractivity contribution in [1.29, 1.82) is 0 Å². The van der Waals surface area contributed by atoms with Gasteiger partial charge in [0.05, 0.1) is 0 Å². The summed E-state index contributed by atoms with van der Waals surface area (Å²) >= 11 is 0. The van der Waals surface area contributed by atoms with Crippen molar-refractivity contribution < 1.29 is 0 Å². The van der Waals surface area contributed by atoms with Gasteiger partial charge in [-0.25, -0.2) is 0 Å². The maximum Gasteiger partial charge on any atom is 0.0131 e. The molecule has 1 saturated carbocycles. The second-order valence-electron chi connectivity index (χ2n) is 6.76. The molecule has 0 aromatic carbocycles. The molecule has 0 bridgehead atoms. The van der Waals surface area contributed by atoms with E-state index >= 15 is 0 Å². The third-order valence-corrected chi connectivity index (χ3v) is 4.20. The Morgan fingerprint density at radius 3 is 2.44 bits per heavy atom. The quantitative estimate of drug-likeness (QED) is 0.781. The van der Waals surface area contributed by atoms with Crippen molar-refractivity contribution in [2.75, 3.05) is 20.1 Å². The SMILES string of the molecule is CC(C)CCN(C)CC1CCC(C)(C)C1N. The third-order valence-electron chi connectivity index (χ3n) is 4.20. The maximum atomic E-state index is 6.33. The summed E-state index contributed by atoms with van der Waals surface area (Å²) in [6.07, 6.45) is 3.89. The van der Waals surface area contributed by atoms with Gasteiger partial charge in [0.2, 0.25) is 0 Å². The summed E-state index contributed by atoms with van der Waals surface area (Å²) in [7, 11) is 2.24. The van der Waals surface area contributed by atoms with Crippen LogP contribution in [0, 0.1) is 17.3 Å². The van der Waals surface area contributed by atoms with Gasteiger partial charge in [0.1, 0.15) is 0 Å². The topological polar surface area (TPSA) is 29.3 Å². The minimum absolute atomic E-state index is 0.351. The minimum atomic E-state index is 0.351. The zero-order chi connectivity index (χ0) is 12.3. The minimum Gasteiger partial charge on any atom is -0.327 e. The van der Waals surface area contributed by atoms with E-state index in [0.717, 1.165) is 5.92 Å². The van der Waals surface area contributed by atoms with Crippen molar-refractivity contribution in [3.63, 3.8) is 0 Å². The molecule has 96 valence electrons. The number of hydrogen-bond acceptors (Lipinski definition) is 2. The third kappa shape index (κ3) is 3.74. The van der Waals surface area contributed by atoms with Gasteiger partial charge in [-0.05, 0) is 50.1 Å². The van der Waals surface area contributed by atoms with E-state index in [2.05, 4.69) is 39.6 Å². The predicted octanol–water partition coefficient (Wildman–Crippen LogP) is 2.73. The molecule has 1 aliphatic carbocycles. The fraction of sp³-hybridized carbons (Fsp3) is 1.00. The molecule has 2 nitrogen and oxygen atoms in total. The van der Waals surface area contributed by atoms with Gasteiger partial charge >= 0.3 is 0 Å². The van der Waals surface area contributed by atoms with E-state index in [4.69, 9.17) is 5.73 Å². The Labute approximate surface area is 102 Å². The molecule has 0 aromatic heterocycles. The van der Waals surface area contributed by atoms with E-state index in [9.17, 15) is 0 Å². The molecule has 1 fully saturated rings. The Kier molecular flexibility index (Phi) is 4.81. The number of nitrogens with two attached hydrogens (primary N) is 1.